The van der Waals surface area contributed by atoms with E-state index in [1.54, 1.807) is 0 Å². The molecule has 0 saturated heterocycles. The van der Waals surface area contributed by atoms with Crippen molar-refractivity contribution in [1.82, 2.24) is 10.6 Å². The van der Waals surface area contributed by atoms with Crippen molar-refractivity contribution in [2.75, 3.05) is 0 Å². The fourth-order valence-corrected chi connectivity index (χ4v) is 3.18. The lowest BCUT2D eigenvalue weighted by Crippen LogP contribution is -2.43. The van der Waals surface area contributed by atoms with E-state index in [2.05, 4.69) is 24.5 Å². The van der Waals surface area contributed by atoms with Gasteiger partial charge in [-0.05, 0) is 23.8 Å². The zero-order valence-electron chi connectivity index (χ0n) is 14.2. The zero-order valence-corrected chi connectivity index (χ0v) is 14.2. The van der Waals surface area contributed by atoms with Crippen LogP contribution in [0.3, 0.4) is 0 Å². The lowest BCUT2D eigenvalue weighted by atomic mass is 9.78. The first-order chi connectivity index (χ1) is 11.1. The molecule has 2 N–H and O–H groups in total. The van der Waals surface area contributed by atoms with Crippen molar-refractivity contribution in [2.24, 2.45) is 11.8 Å². The molecule has 1 aliphatic rings. The van der Waals surface area contributed by atoms with Crippen LogP contribution in [0, 0.1) is 11.8 Å². The average Bonchev–Trinajstić information content (AvgIpc) is 2.56. The summed E-state index contributed by atoms with van der Waals surface area (Å²) < 4.78 is 0. The van der Waals surface area contributed by atoms with Gasteiger partial charge in [-0.1, -0.05) is 57.0 Å². The van der Waals surface area contributed by atoms with Gasteiger partial charge in [0.2, 0.25) is 11.8 Å². The number of carbonyl (C=O) groups is 2. The fourth-order valence-electron chi connectivity index (χ4n) is 3.18. The molecule has 1 saturated carbocycles. The summed E-state index contributed by atoms with van der Waals surface area (Å²) in [5, 5.41) is 5.96. The second kappa shape index (κ2) is 8.70. The van der Waals surface area contributed by atoms with Crippen LogP contribution >= 0.6 is 0 Å². The van der Waals surface area contributed by atoms with E-state index in [-0.39, 0.29) is 30.7 Å². The van der Waals surface area contributed by atoms with Gasteiger partial charge in [0.1, 0.15) is 0 Å². The molecule has 0 radical (unpaired) electrons. The monoisotopic (exact) mass is 316 g/mol. The van der Waals surface area contributed by atoms with Crippen LogP contribution in [0.4, 0.5) is 0 Å². The molecular weight excluding hydrogens is 288 g/mol. The third-order valence-corrected chi connectivity index (χ3v) is 4.96. The number of benzene rings is 1. The minimum Gasteiger partial charge on any atom is -0.353 e. The lowest BCUT2D eigenvalue weighted by Gasteiger charge is -2.34. The molecular formula is C19H28N2O2. The van der Waals surface area contributed by atoms with E-state index in [1.807, 2.05) is 30.3 Å². The van der Waals surface area contributed by atoms with Crippen molar-refractivity contribution >= 4 is 11.8 Å². The number of hydrogen-bond donors (Lipinski definition) is 2. The predicted molar refractivity (Wildman–Crippen MR) is 91.6 cm³/mol. The summed E-state index contributed by atoms with van der Waals surface area (Å²) in [5.74, 6) is 1.09. The van der Waals surface area contributed by atoms with Gasteiger partial charge in [-0.2, -0.15) is 0 Å². The third kappa shape index (κ3) is 5.70. The molecule has 126 valence electrons. The topological polar surface area (TPSA) is 58.2 Å². The van der Waals surface area contributed by atoms with E-state index < -0.39 is 0 Å². The van der Waals surface area contributed by atoms with Gasteiger partial charge in [0.05, 0.1) is 0 Å². The van der Waals surface area contributed by atoms with Gasteiger partial charge in [0.25, 0.3) is 0 Å². The van der Waals surface area contributed by atoms with Gasteiger partial charge < -0.3 is 10.6 Å². The molecule has 0 bridgehead atoms. The van der Waals surface area contributed by atoms with Crippen molar-refractivity contribution < 1.29 is 9.59 Å². The van der Waals surface area contributed by atoms with Crippen LogP contribution in [0.15, 0.2) is 30.3 Å². The second-order valence-electron chi connectivity index (χ2n) is 6.70. The number of rotatable bonds is 6. The predicted octanol–water partition coefficient (Wildman–Crippen LogP) is 3.02. The van der Waals surface area contributed by atoms with Crippen molar-refractivity contribution in [3.8, 4) is 0 Å². The first-order valence-electron chi connectivity index (χ1n) is 8.66. The molecule has 0 spiro atoms. The molecule has 0 aliphatic heterocycles. The Kier molecular flexibility index (Phi) is 6.63. The van der Waals surface area contributed by atoms with Crippen molar-refractivity contribution in [3.63, 3.8) is 0 Å². The maximum Gasteiger partial charge on any atom is 0.220 e. The second-order valence-corrected chi connectivity index (χ2v) is 6.70. The Labute approximate surface area is 139 Å². The molecule has 1 aliphatic carbocycles. The first-order valence-corrected chi connectivity index (χ1v) is 8.66. The summed E-state index contributed by atoms with van der Waals surface area (Å²) >= 11 is 0. The van der Waals surface area contributed by atoms with Gasteiger partial charge in [0.15, 0.2) is 0 Å². The highest BCUT2D eigenvalue weighted by atomic mass is 16.2. The fraction of sp³-hybridized carbons (Fsp3) is 0.579. The molecule has 0 unspecified atom stereocenters. The molecule has 4 heteroatoms. The molecule has 1 aromatic carbocycles. The minimum atomic E-state index is -0.0749. The SMILES string of the molecule is C[C@@H]1[C@H](C)CCC[C@H]1NC(=O)CCC(=O)NCc1ccccc1. The maximum absolute atomic E-state index is 12.1. The van der Waals surface area contributed by atoms with E-state index in [0.717, 1.165) is 12.0 Å². The molecule has 3 atom stereocenters. The quantitative estimate of drug-likeness (QED) is 0.847. The Morgan fingerprint density at radius 2 is 1.74 bits per heavy atom. The highest BCUT2D eigenvalue weighted by Gasteiger charge is 2.27. The molecule has 0 aromatic heterocycles. The van der Waals surface area contributed by atoms with Gasteiger partial charge in [-0.15, -0.1) is 0 Å². The van der Waals surface area contributed by atoms with E-state index in [1.165, 1.54) is 12.8 Å². The van der Waals surface area contributed by atoms with Crippen molar-refractivity contribution in [1.29, 1.82) is 0 Å². The Hall–Kier alpha value is -1.84. The van der Waals surface area contributed by atoms with Crippen molar-refractivity contribution in [2.45, 2.75) is 58.5 Å². The van der Waals surface area contributed by atoms with Crippen LogP contribution in [0.5, 0.6) is 0 Å². The van der Waals surface area contributed by atoms with Crippen LogP contribution in [0.1, 0.15) is 51.5 Å². The van der Waals surface area contributed by atoms with Crippen LogP contribution in [-0.2, 0) is 16.1 Å². The summed E-state index contributed by atoms with van der Waals surface area (Å²) in [7, 11) is 0. The number of carbonyl (C=O) groups excluding carboxylic acids is 2. The molecule has 4 nitrogen and oxygen atoms in total. The first kappa shape index (κ1) is 17.5. The van der Waals surface area contributed by atoms with Crippen LogP contribution in [0.2, 0.25) is 0 Å². The molecule has 23 heavy (non-hydrogen) atoms. The van der Waals surface area contributed by atoms with E-state index >= 15 is 0 Å². The maximum atomic E-state index is 12.1. The molecule has 0 heterocycles. The summed E-state index contributed by atoms with van der Waals surface area (Å²) in [6, 6.07) is 10.0. The van der Waals surface area contributed by atoms with Gasteiger partial charge in [-0.3, -0.25) is 9.59 Å². The smallest absolute Gasteiger partial charge is 0.220 e. The zero-order chi connectivity index (χ0) is 16.7. The van der Waals surface area contributed by atoms with E-state index in [4.69, 9.17) is 0 Å². The molecule has 2 amide bonds. The highest BCUT2D eigenvalue weighted by molar-refractivity contribution is 5.83. The Bertz CT molecular complexity index is 515. The Balaban J connectivity index is 1.66. The molecule has 1 fully saturated rings. The molecule has 1 aromatic rings. The highest BCUT2D eigenvalue weighted by Crippen LogP contribution is 2.29. The van der Waals surface area contributed by atoms with Crippen LogP contribution in [0.25, 0.3) is 0 Å². The Morgan fingerprint density at radius 1 is 1.04 bits per heavy atom. The van der Waals surface area contributed by atoms with Gasteiger partial charge in [0, 0.05) is 25.4 Å². The molecule has 2 rings (SSSR count). The number of nitrogens with one attached hydrogen (secondary N) is 2. The normalized spacial score (nSPS) is 24.0. The summed E-state index contributed by atoms with van der Waals surface area (Å²) in [4.78, 5) is 23.9. The van der Waals surface area contributed by atoms with E-state index in [9.17, 15) is 9.59 Å². The Morgan fingerprint density at radius 3 is 2.48 bits per heavy atom. The summed E-state index contributed by atoms with van der Waals surface area (Å²) in [6.07, 6.45) is 3.98. The largest absolute Gasteiger partial charge is 0.353 e. The summed E-state index contributed by atoms with van der Waals surface area (Å²) in [6.45, 7) is 4.97. The van der Waals surface area contributed by atoms with Gasteiger partial charge in [-0.25, -0.2) is 0 Å². The standard InChI is InChI=1S/C19H28N2O2/c1-14-7-6-10-17(15(14)2)21-19(23)12-11-18(22)20-13-16-8-4-3-5-9-16/h3-5,8-9,14-15,17H,6-7,10-13H2,1-2H3,(H,20,22)(H,21,23)/t14-,15-,17-/m1/s1. The number of amides is 2. The average molecular weight is 316 g/mol. The lowest BCUT2D eigenvalue weighted by molar-refractivity contribution is -0.127. The van der Waals surface area contributed by atoms with Crippen LogP contribution < -0.4 is 10.6 Å². The number of hydrogen-bond acceptors (Lipinski definition) is 2. The van der Waals surface area contributed by atoms with Crippen molar-refractivity contribution in [3.05, 3.63) is 35.9 Å². The van der Waals surface area contributed by atoms with Gasteiger partial charge >= 0.3 is 0 Å². The van der Waals surface area contributed by atoms with Crippen LogP contribution in [-0.4, -0.2) is 17.9 Å². The summed E-state index contributed by atoms with van der Waals surface area (Å²) in [5.41, 5.74) is 1.07. The minimum absolute atomic E-state index is 0.00851. The third-order valence-electron chi connectivity index (χ3n) is 4.96. The van der Waals surface area contributed by atoms with E-state index in [0.29, 0.717) is 18.4 Å².